The summed E-state index contributed by atoms with van der Waals surface area (Å²) in [5.41, 5.74) is 2.94. The topological polar surface area (TPSA) is 66.2 Å². The van der Waals surface area contributed by atoms with Crippen molar-refractivity contribution in [1.29, 1.82) is 0 Å². The normalized spacial score (nSPS) is 15.5. The predicted octanol–water partition coefficient (Wildman–Crippen LogP) is 3.52. The minimum atomic E-state index is -0.375. The summed E-state index contributed by atoms with van der Waals surface area (Å²) in [7, 11) is 0. The van der Waals surface area contributed by atoms with Crippen molar-refractivity contribution >= 4 is 11.0 Å². The number of phenols is 1. The van der Waals surface area contributed by atoms with Gasteiger partial charge in [-0.1, -0.05) is 12.1 Å². The third-order valence-corrected chi connectivity index (χ3v) is 5.72. The third-order valence-electron chi connectivity index (χ3n) is 5.72. The molecule has 0 radical (unpaired) electrons. The first-order valence-electron chi connectivity index (χ1n) is 10.4. The molecule has 6 nitrogen and oxygen atoms in total. The monoisotopic (exact) mass is 408 g/mol. The molecule has 1 N–H and O–H groups in total. The van der Waals surface area contributed by atoms with Gasteiger partial charge in [0.15, 0.2) is 0 Å². The lowest BCUT2D eigenvalue weighted by Crippen LogP contribution is -2.45. The first-order chi connectivity index (χ1) is 14.5. The van der Waals surface area contributed by atoms with Gasteiger partial charge in [0, 0.05) is 56.3 Å². The van der Waals surface area contributed by atoms with Crippen LogP contribution in [0.5, 0.6) is 11.5 Å². The maximum atomic E-state index is 12.0. The molecule has 3 aromatic rings. The van der Waals surface area contributed by atoms with E-state index in [1.165, 1.54) is 5.56 Å². The van der Waals surface area contributed by atoms with Crippen molar-refractivity contribution in [3.8, 4) is 11.5 Å². The maximum absolute atomic E-state index is 12.0. The fourth-order valence-electron chi connectivity index (χ4n) is 4.01. The molecule has 0 spiro atoms. The summed E-state index contributed by atoms with van der Waals surface area (Å²) in [4.78, 5) is 16.9. The summed E-state index contributed by atoms with van der Waals surface area (Å²) in [6, 6.07) is 13.4. The van der Waals surface area contributed by atoms with Crippen LogP contribution in [0.25, 0.3) is 11.0 Å². The number of hydrogen-bond donors (Lipinski definition) is 1. The molecule has 1 aromatic heterocycles. The van der Waals surface area contributed by atoms with Crippen molar-refractivity contribution in [2.45, 2.75) is 26.9 Å². The first kappa shape index (κ1) is 20.4. The molecule has 0 saturated carbocycles. The lowest BCUT2D eigenvalue weighted by molar-refractivity contribution is 0.122. The van der Waals surface area contributed by atoms with E-state index in [1.807, 2.05) is 25.1 Å². The van der Waals surface area contributed by atoms with Crippen LogP contribution < -0.4 is 10.4 Å². The first-order valence-corrected chi connectivity index (χ1v) is 10.4. The van der Waals surface area contributed by atoms with Crippen LogP contribution >= 0.6 is 0 Å². The highest BCUT2D eigenvalue weighted by Gasteiger charge is 2.19. The van der Waals surface area contributed by atoms with Gasteiger partial charge in [-0.05, 0) is 49.2 Å². The molecule has 0 bridgehead atoms. The predicted molar refractivity (Wildman–Crippen MR) is 117 cm³/mol. The van der Waals surface area contributed by atoms with E-state index in [0.29, 0.717) is 24.3 Å². The Morgan fingerprint density at radius 3 is 2.33 bits per heavy atom. The Labute approximate surface area is 176 Å². The molecule has 158 valence electrons. The molecule has 1 aliphatic rings. The van der Waals surface area contributed by atoms with Gasteiger partial charge >= 0.3 is 5.63 Å². The summed E-state index contributed by atoms with van der Waals surface area (Å²) in [6.07, 6.45) is 0. The average molecular weight is 408 g/mol. The summed E-state index contributed by atoms with van der Waals surface area (Å²) in [6.45, 7) is 9.90. The molecular weight excluding hydrogens is 380 g/mol. The van der Waals surface area contributed by atoms with Crippen LogP contribution in [-0.4, -0.2) is 47.7 Å². The molecule has 30 heavy (non-hydrogen) atoms. The number of phenolic OH excluding ortho intramolecular Hbond substituents is 1. The third kappa shape index (κ3) is 4.50. The Morgan fingerprint density at radius 2 is 1.67 bits per heavy atom. The maximum Gasteiger partial charge on any atom is 0.336 e. The highest BCUT2D eigenvalue weighted by atomic mass is 16.5. The van der Waals surface area contributed by atoms with E-state index in [2.05, 4.69) is 21.9 Å². The summed E-state index contributed by atoms with van der Waals surface area (Å²) in [5, 5.41) is 10.8. The van der Waals surface area contributed by atoms with Gasteiger partial charge in [-0.2, -0.15) is 0 Å². The van der Waals surface area contributed by atoms with Gasteiger partial charge in [-0.3, -0.25) is 9.80 Å². The minimum absolute atomic E-state index is 0.144. The van der Waals surface area contributed by atoms with Crippen molar-refractivity contribution in [3.63, 3.8) is 0 Å². The van der Waals surface area contributed by atoms with Crippen molar-refractivity contribution in [3.05, 3.63) is 69.6 Å². The Kier molecular flexibility index (Phi) is 6.06. The molecule has 0 atom stereocenters. The SMILES string of the molecule is CCOc1ccc(CN2CCN(Cc3cc(=O)oc4c(C)c(O)ccc34)CC2)cc1. The van der Waals surface area contributed by atoms with Crippen molar-refractivity contribution < 1.29 is 14.3 Å². The lowest BCUT2D eigenvalue weighted by atomic mass is 10.1. The van der Waals surface area contributed by atoms with Crippen molar-refractivity contribution in [1.82, 2.24) is 9.80 Å². The molecular formula is C24H28N2O4. The van der Waals surface area contributed by atoms with E-state index >= 15 is 0 Å². The Morgan fingerprint density at radius 1 is 1.00 bits per heavy atom. The Hall–Kier alpha value is -2.83. The van der Waals surface area contributed by atoms with Crippen molar-refractivity contribution in [2.75, 3.05) is 32.8 Å². The number of ether oxygens (including phenoxy) is 1. The molecule has 2 aromatic carbocycles. The fourth-order valence-corrected chi connectivity index (χ4v) is 4.01. The zero-order valence-corrected chi connectivity index (χ0v) is 17.6. The smallest absolute Gasteiger partial charge is 0.336 e. The van der Waals surface area contributed by atoms with Gasteiger partial charge < -0.3 is 14.3 Å². The van der Waals surface area contributed by atoms with E-state index in [9.17, 15) is 9.90 Å². The Balaban J connectivity index is 1.39. The van der Waals surface area contributed by atoms with E-state index in [1.54, 1.807) is 19.1 Å². The van der Waals surface area contributed by atoms with Crippen LogP contribution in [-0.2, 0) is 13.1 Å². The summed E-state index contributed by atoms with van der Waals surface area (Å²) in [5.74, 6) is 1.06. The molecule has 0 aliphatic carbocycles. The van der Waals surface area contributed by atoms with E-state index in [-0.39, 0.29) is 11.4 Å². The largest absolute Gasteiger partial charge is 0.508 e. The van der Waals surface area contributed by atoms with Gasteiger partial charge in [-0.15, -0.1) is 0 Å². The van der Waals surface area contributed by atoms with Crippen LogP contribution in [0.2, 0.25) is 0 Å². The molecule has 1 fully saturated rings. The number of aryl methyl sites for hydroxylation is 1. The van der Waals surface area contributed by atoms with Crippen molar-refractivity contribution in [2.24, 2.45) is 0 Å². The van der Waals surface area contributed by atoms with Gasteiger partial charge in [-0.25, -0.2) is 4.79 Å². The van der Waals surface area contributed by atoms with Gasteiger partial charge in [0.05, 0.1) is 6.61 Å². The summed E-state index contributed by atoms with van der Waals surface area (Å²) < 4.78 is 10.9. The number of benzene rings is 2. The van der Waals surface area contributed by atoms with Gasteiger partial charge in [0.1, 0.15) is 17.1 Å². The molecule has 0 amide bonds. The molecule has 1 saturated heterocycles. The van der Waals surface area contributed by atoms with Gasteiger partial charge in [0.2, 0.25) is 0 Å². The van der Waals surface area contributed by atoms with Crippen LogP contribution in [0.1, 0.15) is 23.6 Å². The number of hydrogen-bond acceptors (Lipinski definition) is 6. The minimum Gasteiger partial charge on any atom is -0.508 e. The van der Waals surface area contributed by atoms with E-state index < -0.39 is 0 Å². The number of piperazine rings is 1. The van der Waals surface area contributed by atoms with Gasteiger partial charge in [0.25, 0.3) is 0 Å². The fraction of sp³-hybridized carbons (Fsp3) is 0.375. The quantitative estimate of drug-likeness (QED) is 0.630. The second kappa shape index (κ2) is 8.90. The molecule has 0 unspecified atom stereocenters. The number of aromatic hydroxyl groups is 1. The molecule has 1 aliphatic heterocycles. The number of fused-ring (bicyclic) bond motifs is 1. The lowest BCUT2D eigenvalue weighted by Gasteiger charge is -2.34. The average Bonchev–Trinajstić information content (AvgIpc) is 2.74. The number of rotatable bonds is 6. The molecule has 2 heterocycles. The van der Waals surface area contributed by atoms with E-state index in [4.69, 9.17) is 9.15 Å². The highest BCUT2D eigenvalue weighted by molar-refractivity contribution is 5.84. The van der Waals surface area contributed by atoms with Crippen LogP contribution in [0.4, 0.5) is 0 Å². The second-order valence-corrected chi connectivity index (χ2v) is 7.81. The zero-order valence-electron chi connectivity index (χ0n) is 17.6. The number of nitrogens with zero attached hydrogens (tertiary/aromatic N) is 2. The van der Waals surface area contributed by atoms with Crippen LogP contribution in [0.3, 0.4) is 0 Å². The van der Waals surface area contributed by atoms with E-state index in [0.717, 1.165) is 49.4 Å². The summed E-state index contributed by atoms with van der Waals surface area (Å²) >= 11 is 0. The zero-order chi connectivity index (χ0) is 21.1. The highest BCUT2D eigenvalue weighted by Crippen LogP contribution is 2.28. The molecule has 6 heteroatoms. The molecule has 4 rings (SSSR count). The standard InChI is InChI=1S/C24H28N2O4/c1-3-29-20-6-4-18(5-7-20)15-25-10-12-26(13-11-25)16-19-14-23(28)30-24-17(2)22(27)9-8-21(19)24/h4-9,14,27H,3,10-13,15-16H2,1-2H3. The van der Waals surface area contributed by atoms with Crippen LogP contribution in [0.15, 0.2) is 51.7 Å². The Bertz CT molecular complexity index is 1070. The second-order valence-electron chi connectivity index (χ2n) is 7.81. The van der Waals surface area contributed by atoms with Crippen LogP contribution in [0, 0.1) is 6.92 Å².